The van der Waals surface area contributed by atoms with Crippen molar-refractivity contribution in [3.8, 4) is 11.5 Å². The Bertz CT molecular complexity index is 502. The lowest BCUT2D eigenvalue weighted by Gasteiger charge is -2.19. The number of rotatable bonds is 3. The molecular formula is C11H10BrNO5. The van der Waals surface area contributed by atoms with E-state index >= 15 is 0 Å². The minimum Gasteiger partial charge on any atom is -0.482 e. The average molecular weight is 316 g/mol. The Balaban J connectivity index is 2.18. The van der Waals surface area contributed by atoms with E-state index in [9.17, 15) is 9.59 Å². The molecule has 0 unspecified atom stereocenters. The predicted octanol–water partition coefficient (Wildman–Crippen LogP) is 1.33. The fourth-order valence-electron chi connectivity index (χ4n) is 1.39. The maximum Gasteiger partial charge on any atom is 0.343 e. The highest BCUT2D eigenvalue weighted by Gasteiger charge is 2.19. The van der Waals surface area contributed by atoms with E-state index in [1.54, 1.807) is 12.1 Å². The molecule has 1 heterocycles. The monoisotopic (exact) mass is 315 g/mol. The van der Waals surface area contributed by atoms with Crippen LogP contribution in [0.15, 0.2) is 16.6 Å². The SMILES string of the molecule is COC(=O)COc1cc2c(cc1Br)OCC(=O)N2. The van der Waals surface area contributed by atoms with Crippen molar-refractivity contribution in [2.24, 2.45) is 0 Å². The summed E-state index contributed by atoms with van der Waals surface area (Å²) in [4.78, 5) is 22.2. The van der Waals surface area contributed by atoms with Gasteiger partial charge in [0.2, 0.25) is 0 Å². The van der Waals surface area contributed by atoms with E-state index in [-0.39, 0.29) is 19.1 Å². The third kappa shape index (κ3) is 2.73. The molecule has 2 rings (SSSR count). The second-order valence-electron chi connectivity index (χ2n) is 3.48. The summed E-state index contributed by atoms with van der Waals surface area (Å²) in [7, 11) is 1.28. The van der Waals surface area contributed by atoms with Crippen LogP contribution < -0.4 is 14.8 Å². The van der Waals surface area contributed by atoms with Crippen molar-refractivity contribution in [2.45, 2.75) is 0 Å². The van der Waals surface area contributed by atoms with Gasteiger partial charge >= 0.3 is 5.97 Å². The molecule has 96 valence electrons. The van der Waals surface area contributed by atoms with E-state index in [1.807, 2.05) is 0 Å². The van der Waals surface area contributed by atoms with Gasteiger partial charge in [0.15, 0.2) is 13.2 Å². The quantitative estimate of drug-likeness (QED) is 0.852. The maximum atomic E-state index is 11.2. The zero-order chi connectivity index (χ0) is 13.1. The first-order valence-electron chi connectivity index (χ1n) is 5.06. The minimum atomic E-state index is -0.486. The number of esters is 1. The van der Waals surface area contributed by atoms with Crippen molar-refractivity contribution in [2.75, 3.05) is 25.6 Å². The topological polar surface area (TPSA) is 73.9 Å². The number of amides is 1. The zero-order valence-electron chi connectivity index (χ0n) is 9.49. The van der Waals surface area contributed by atoms with Gasteiger partial charge in [-0.15, -0.1) is 0 Å². The fraction of sp³-hybridized carbons (Fsp3) is 0.273. The van der Waals surface area contributed by atoms with Crippen LogP contribution in [0.1, 0.15) is 0 Å². The van der Waals surface area contributed by atoms with Gasteiger partial charge in [0.1, 0.15) is 11.5 Å². The second-order valence-corrected chi connectivity index (χ2v) is 4.33. The Kier molecular flexibility index (Phi) is 3.71. The molecule has 6 nitrogen and oxygen atoms in total. The van der Waals surface area contributed by atoms with Gasteiger partial charge < -0.3 is 19.5 Å². The molecule has 1 aromatic carbocycles. The van der Waals surface area contributed by atoms with Crippen molar-refractivity contribution in [3.05, 3.63) is 16.6 Å². The Labute approximate surface area is 111 Å². The molecule has 1 aromatic rings. The summed E-state index contributed by atoms with van der Waals surface area (Å²) >= 11 is 3.29. The lowest BCUT2D eigenvalue weighted by molar-refractivity contribution is -0.142. The third-order valence-corrected chi connectivity index (χ3v) is 2.86. The molecule has 0 bridgehead atoms. The van der Waals surface area contributed by atoms with Crippen LogP contribution in [-0.4, -0.2) is 32.2 Å². The fourth-order valence-corrected chi connectivity index (χ4v) is 1.82. The number of carbonyl (C=O) groups is 2. The second kappa shape index (κ2) is 5.26. The van der Waals surface area contributed by atoms with Crippen molar-refractivity contribution in [3.63, 3.8) is 0 Å². The van der Waals surface area contributed by atoms with Gasteiger partial charge in [-0.25, -0.2) is 4.79 Å². The number of halogens is 1. The predicted molar refractivity (Wildman–Crippen MR) is 65.8 cm³/mol. The summed E-state index contributed by atoms with van der Waals surface area (Å²) in [6.45, 7) is -0.218. The number of hydrogen-bond donors (Lipinski definition) is 1. The molecule has 0 aromatic heterocycles. The van der Waals surface area contributed by atoms with Crippen LogP contribution in [0.4, 0.5) is 5.69 Å². The van der Waals surface area contributed by atoms with Crippen molar-refractivity contribution in [1.82, 2.24) is 0 Å². The van der Waals surface area contributed by atoms with E-state index in [2.05, 4.69) is 26.0 Å². The molecule has 18 heavy (non-hydrogen) atoms. The van der Waals surface area contributed by atoms with Gasteiger partial charge in [-0.3, -0.25) is 4.79 Å². The molecule has 1 aliphatic heterocycles. The van der Waals surface area contributed by atoms with Crippen LogP contribution in [0.5, 0.6) is 11.5 Å². The van der Waals surface area contributed by atoms with Crippen molar-refractivity contribution < 1.29 is 23.8 Å². The van der Waals surface area contributed by atoms with E-state index in [0.29, 0.717) is 21.7 Å². The van der Waals surface area contributed by atoms with Gasteiger partial charge in [-0.1, -0.05) is 0 Å². The van der Waals surface area contributed by atoms with Gasteiger partial charge in [0.25, 0.3) is 5.91 Å². The van der Waals surface area contributed by atoms with E-state index < -0.39 is 5.97 Å². The molecule has 7 heteroatoms. The van der Waals surface area contributed by atoms with E-state index in [4.69, 9.17) is 9.47 Å². The molecule has 0 saturated heterocycles. The van der Waals surface area contributed by atoms with Crippen LogP contribution in [0.3, 0.4) is 0 Å². The standard InChI is InChI=1S/C11H10BrNO5/c1-16-11(15)5-18-8-3-7-9(2-6(8)12)17-4-10(14)13-7/h2-3H,4-5H2,1H3,(H,13,14). The number of methoxy groups -OCH3 is 1. The molecule has 0 atom stereocenters. The Morgan fingerprint density at radius 2 is 2.33 bits per heavy atom. The highest BCUT2D eigenvalue weighted by molar-refractivity contribution is 9.10. The first-order valence-corrected chi connectivity index (χ1v) is 5.85. The van der Waals surface area contributed by atoms with Gasteiger partial charge in [-0.2, -0.15) is 0 Å². The largest absolute Gasteiger partial charge is 0.482 e. The first-order chi connectivity index (χ1) is 8.60. The molecule has 0 fully saturated rings. The molecule has 1 amide bonds. The maximum absolute atomic E-state index is 11.2. The number of carbonyl (C=O) groups excluding carboxylic acids is 2. The summed E-state index contributed by atoms with van der Waals surface area (Å²) < 4.78 is 15.6. The number of nitrogens with one attached hydrogen (secondary N) is 1. The lowest BCUT2D eigenvalue weighted by Crippen LogP contribution is -2.25. The van der Waals surface area contributed by atoms with Gasteiger partial charge in [0, 0.05) is 12.1 Å². The third-order valence-electron chi connectivity index (χ3n) is 2.24. The smallest absolute Gasteiger partial charge is 0.343 e. The lowest BCUT2D eigenvalue weighted by atomic mass is 10.2. The number of anilines is 1. The molecule has 0 saturated carbocycles. The zero-order valence-corrected chi connectivity index (χ0v) is 11.1. The summed E-state index contributed by atoms with van der Waals surface area (Å²) in [5.74, 6) is 0.250. The van der Waals surface area contributed by atoms with Crippen LogP contribution in [0.25, 0.3) is 0 Å². The first kappa shape index (κ1) is 12.7. The number of benzene rings is 1. The summed E-state index contributed by atoms with van der Waals surface area (Å²) in [6, 6.07) is 3.25. The van der Waals surface area contributed by atoms with Crippen LogP contribution in [0.2, 0.25) is 0 Å². The Hall–Kier alpha value is -1.76. The van der Waals surface area contributed by atoms with E-state index in [0.717, 1.165) is 0 Å². The molecule has 1 aliphatic rings. The van der Waals surface area contributed by atoms with Gasteiger partial charge in [0.05, 0.1) is 17.3 Å². The number of fused-ring (bicyclic) bond motifs is 1. The molecule has 0 radical (unpaired) electrons. The van der Waals surface area contributed by atoms with Gasteiger partial charge in [-0.05, 0) is 15.9 Å². The minimum absolute atomic E-state index is 0.0121. The normalized spacial score (nSPS) is 13.1. The molecule has 0 spiro atoms. The summed E-state index contributed by atoms with van der Waals surface area (Å²) in [5, 5.41) is 2.65. The average Bonchev–Trinajstić information content (AvgIpc) is 2.36. The highest BCUT2D eigenvalue weighted by atomic mass is 79.9. The molecule has 1 N–H and O–H groups in total. The number of ether oxygens (including phenoxy) is 3. The Morgan fingerprint density at radius 3 is 3.06 bits per heavy atom. The van der Waals surface area contributed by atoms with Crippen LogP contribution in [0, 0.1) is 0 Å². The van der Waals surface area contributed by atoms with Crippen molar-refractivity contribution >= 4 is 33.5 Å². The summed E-state index contributed by atoms with van der Waals surface area (Å²) in [5.41, 5.74) is 0.509. The van der Waals surface area contributed by atoms with Crippen LogP contribution >= 0.6 is 15.9 Å². The van der Waals surface area contributed by atoms with Crippen LogP contribution in [-0.2, 0) is 14.3 Å². The highest BCUT2D eigenvalue weighted by Crippen LogP contribution is 2.37. The summed E-state index contributed by atoms with van der Waals surface area (Å²) in [6.07, 6.45) is 0. The van der Waals surface area contributed by atoms with E-state index in [1.165, 1.54) is 7.11 Å². The van der Waals surface area contributed by atoms with Crippen molar-refractivity contribution in [1.29, 1.82) is 0 Å². The Morgan fingerprint density at radius 1 is 1.56 bits per heavy atom. The number of hydrogen-bond acceptors (Lipinski definition) is 5. The molecule has 0 aliphatic carbocycles. The molecular weight excluding hydrogens is 306 g/mol.